The summed E-state index contributed by atoms with van der Waals surface area (Å²) in [5.41, 5.74) is 4.46. The molecule has 2 aromatic carbocycles. The zero-order valence-electron chi connectivity index (χ0n) is 14.9. The Morgan fingerprint density at radius 3 is 2.39 bits per heavy atom. The smallest absolute Gasteiger partial charge is 0.269 e. The lowest BCUT2D eigenvalue weighted by atomic mass is 10.1. The van der Waals surface area contributed by atoms with Crippen LogP contribution in [0.5, 0.6) is 0 Å². The Labute approximate surface area is 165 Å². The van der Waals surface area contributed by atoms with E-state index in [2.05, 4.69) is 19.9 Å². The second-order valence-electron chi connectivity index (χ2n) is 6.14. The van der Waals surface area contributed by atoms with Gasteiger partial charge in [0, 0.05) is 16.8 Å². The molecule has 0 saturated carbocycles. The van der Waals surface area contributed by atoms with E-state index in [0.717, 1.165) is 34.0 Å². The summed E-state index contributed by atoms with van der Waals surface area (Å²) in [6.45, 7) is 1.75. The van der Waals surface area contributed by atoms with Gasteiger partial charge in [0.25, 0.3) is 5.91 Å². The van der Waals surface area contributed by atoms with Gasteiger partial charge in [0.1, 0.15) is 10.7 Å². The van der Waals surface area contributed by atoms with Crippen molar-refractivity contribution in [3.05, 3.63) is 83.1 Å². The monoisotopic (exact) mass is 390 g/mol. The summed E-state index contributed by atoms with van der Waals surface area (Å²) in [5.74, 6) is -0.521. The van der Waals surface area contributed by atoms with E-state index in [0.29, 0.717) is 16.3 Å². The van der Waals surface area contributed by atoms with E-state index in [1.165, 1.54) is 12.1 Å². The molecule has 1 amide bonds. The number of amides is 1. The topological polar surface area (TPSA) is 67.8 Å². The van der Waals surface area contributed by atoms with Crippen molar-refractivity contribution in [3.8, 4) is 22.5 Å². The summed E-state index contributed by atoms with van der Waals surface area (Å²) >= 11 is 1.07. The van der Waals surface area contributed by atoms with Gasteiger partial charge in [0.15, 0.2) is 0 Å². The largest absolute Gasteiger partial charge is 0.321 e. The highest BCUT2D eigenvalue weighted by atomic mass is 32.1. The number of pyridine rings is 1. The molecule has 0 fully saturated rings. The molecule has 4 aromatic rings. The summed E-state index contributed by atoms with van der Waals surface area (Å²) in [4.78, 5) is 17.5. The third-order valence-electron chi connectivity index (χ3n) is 4.16. The predicted molar refractivity (Wildman–Crippen MR) is 108 cm³/mol. The number of nitrogens with zero attached hydrogens (tertiary/aromatic N) is 3. The van der Waals surface area contributed by atoms with Gasteiger partial charge in [-0.3, -0.25) is 4.79 Å². The quantitative estimate of drug-likeness (QED) is 0.534. The van der Waals surface area contributed by atoms with Crippen molar-refractivity contribution in [1.82, 2.24) is 14.6 Å². The average Bonchev–Trinajstić information content (AvgIpc) is 3.15. The van der Waals surface area contributed by atoms with E-state index in [1.54, 1.807) is 19.1 Å². The Balaban J connectivity index is 1.61. The van der Waals surface area contributed by atoms with Crippen LogP contribution >= 0.6 is 11.5 Å². The fourth-order valence-corrected chi connectivity index (χ4v) is 3.31. The number of rotatable bonds is 4. The molecule has 7 heteroatoms. The van der Waals surface area contributed by atoms with Crippen molar-refractivity contribution in [2.75, 3.05) is 5.32 Å². The first-order chi connectivity index (χ1) is 13.6. The molecule has 28 heavy (non-hydrogen) atoms. The summed E-state index contributed by atoms with van der Waals surface area (Å²) in [5, 5.41) is 6.73. The predicted octanol–water partition coefficient (Wildman–Crippen LogP) is 4.97. The Hall–Kier alpha value is -3.45. The molecule has 0 bridgehead atoms. The van der Waals surface area contributed by atoms with Gasteiger partial charge in [-0.2, -0.15) is 0 Å². The zero-order chi connectivity index (χ0) is 19.5. The first kappa shape index (κ1) is 17.9. The van der Waals surface area contributed by atoms with Crippen LogP contribution in [0.25, 0.3) is 22.5 Å². The average molecular weight is 390 g/mol. The van der Waals surface area contributed by atoms with Crippen LogP contribution in [0.2, 0.25) is 0 Å². The van der Waals surface area contributed by atoms with Crippen molar-refractivity contribution in [1.29, 1.82) is 0 Å². The van der Waals surface area contributed by atoms with Gasteiger partial charge in [-0.25, -0.2) is 9.37 Å². The molecular formula is C21H15FN4OS. The molecule has 0 spiro atoms. The summed E-state index contributed by atoms with van der Waals surface area (Å²) in [7, 11) is 0. The molecule has 0 atom stereocenters. The van der Waals surface area contributed by atoms with Crippen LogP contribution in [-0.4, -0.2) is 20.5 Å². The maximum Gasteiger partial charge on any atom is 0.269 e. The molecule has 138 valence electrons. The van der Waals surface area contributed by atoms with Gasteiger partial charge in [0.2, 0.25) is 0 Å². The van der Waals surface area contributed by atoms with Crippen molar-refractivity contribution in [3.63, 3.8) is 0 Å². The molecule has 0 aliphatic heterocycles. The summed E-state index contributed by atoms with van der Waals surface area (Å²) in [6, 6.07) is 19.3. The molecule has 0 radical (unpaired) electrons. The maximum atomic E-state index is 13.2. The highest BCUT2D eigenvalue weighted by molar-refractivity contribution is 7.08. The van der Waals surface area contributed by atoms with Crippen molar-refractivity contribution >= 4 is 23.1 Å². The molecule has 0 aliphatic rings. The minimum atomic E-state index is -0.283. The second kappa shape index (κ2) is 7.66. The molecule has 0 aliphatic carbocycles. The third-order valence-corrected chi connectivity index (χ3v) is 4.99. The summed E-state index contributed by atoms with van der Waals surface area (Å²) < 4.78 is 17.0. The van der Waals surface area contributed by atoms with E-state index >= 15 is 0 Å². The van der Waals surface area contributed by atoms with E-state index in [4.69, 9.17) is 0 Å². The van der Waals surface area contributed by atoms with Gasteiger partial charge >= 0.3 is 0 Å². The molecule has 0 unspecified atom stereocenters. The SMILES string of the molecule is Cc1nnsc1C(=O)Nc1cccc(-c2cccc(-c3ccc(F)cc3)n2)c1. The minimum Gasteiger partial charge on any atom is -0.321 e. The van der Waals surface area contributed by atoms with Gasteiger partial charge in [-0.15, -0.1) is 5.10 Å². The minimum absolute atomic E-state index is 0.238. The highest BCUT2D eigenvalue weighted by Gasteiger charge is 2.13. The Morgan fingerprint density at radius 1 is 0.964 bits per heavy atom. The van der Waals surface area contributed by atoms with E-state index in [-0.39, 0.29) is 11.7 Å². The van der Waals surface area contributed by atoms with Crippen LogP contribution in [0.1, 0.15) is 15.4 Å². The fourth-order valence-electron chi connectivity index (χ4n) is 2.76. The lowest BCUT2D eigenvalue weighted by Crippen LogP contribution is -2.11. The first-order valence-electron chi connectivity index (χ1n) is 8.54. The maximum absolute atomic E-state index is 13.2. The number of aryl methyl sites for hydroxylation is 1. The fraction of sp³-hybridized carbons (Fsp3) is 0.0476. The number of nitrogens with one attached hydrogen (secondary N) is 1. The lowest BCUT2D eigenvalue weighted by Gasteiger charge is -2.08. The molecule has 2 heterocycles. The Morgan fingerprint density at radius 2 is 1.68 bits per heavy atom. The van der Waals surface area contributed by atoms with E-state index in [9.17, 15) is 9.18 Å². The number of benzene rings is 2. The lowest BCUT2D eigenvalue weighted by molar-refractivity contribution is 0.103. The van der Waals surface area contributed by atoms with Gasteiger partial charge in [0.05, 0.1) is 17.1 Å². The van der Waals surface area contributed by atoms with Crippen LogP contribution < -0.4 is 5.32 Å². The van der Waals surface area contributed by atoms with Gasteiger partial charge < -0.3 is 5.32 Å². The standard InChI is InChI=1S/C21H15FN4OS/c1-13-20(28-26-25-13)21(27)23-17-5-2-4-15(12-17)19-7-3-6-18(24-19)14-8-10-16(22)11-9-14/h2-12H,1H3,(H,23,27). The number of carbonyl (C=O) groups excluding carboxylic acids is 1. The van der Waals surface area contributed by atoms with Gasteiger partial charge in [-0.05, 0) is 67.0 Å². The first-order valence-corrected chi connectivity index (χ1v) is 9.31. The molecule has 5 nitrogen and oxygen atoms in total. The van der Waals surface area contributed by atoms with Crippen LogP contribution in [-0.2, 0) is 0 Å². The van der Waals surface area contributed by atoms with Crippen LogP contribution in [0, 0.1) is 12.7 Å². The van der Waals surface area contributed by atoms with E-state index < -0.39 is 0 Å². The molecule has 1 N–H and O–H groups in total. The number of carbonyl (C=O) groups is 1. The van der Waals surface area contributed by atoms with Crippen LogP contribution in [0.3, 0.4) is 0 Å². The molecular weight excluding hydrogens is 375 g/mol. The Kier molecular flexibility index (Phi) is 4.90. The van der Waals surface area contributed by atoms with Crippen molar-refractivity contribution in [2.45, 2.75) is 6.92 Å². The molecule has 0 saturated heterocycles. The van der Waals surface area contributed by atoms with Crippen molar-refractivity contribution < 1.29 is 9.18 Å². The van der Waals surface area contributed by atoms with Crippen molar-refractivity contribution in [2.24, 2.45) is 0 Å². The number of hydrogen-bond donors (Lipinski definition) is 1. The van der Waals surface area contributed by atoms with Gasteiger partial charge in [-0.1, -0.05) is 22.7 Å². The molecule has 4 rings (SSSR count). The number of halogens is 1. The molecule has 2 aromatic heterocycles. The highest BCUT2D eigenvalue weighted by Crippen LogP contribution is 2.25. The third kappa shape index (κ3) is 3.79. The van der Waals surface area contributed by atoms with Crippen LogP contribution in [0.15, 0.2) is 66.7 Å². The summed E-state index contributed by atoms with van der Waals surface area (Å²) in [6.07, 6.45) is 0. The number of hydrogen-bond acceptors (Lipinski definition) is 5. The van der Waals surface area contributed by atoms with E-state index in [1.807, 2.05) is 42.5 Å². The normalized spacial score (nSPS) is 10.6. The second-order valence-corrected chi connectivity index (χ2v) is 6.89. The van der Waals surface area contributed by atoms with Crippen LogP contribution in [0.4, 0.5) is 10.1 Å². The Bertz CT molecular complexity index is 1140. The number of anilines is 1. The zero-order valence-corrected chi connectivity index (χ0v) is 15.7. The number of aromatic nitrogens is 3.